The number of benzene rings is 1. The van der Waals surface area contributed by atoms with Crippen LogP contribution < -0.4 is 10.1 Å². The summed E-state index contributed by atoms with van der Waals surface area (Å²) < 4.78 is 5.79. The standard InChI is InChI=1S/C15H21NO/c1-3-8-16-15-10(2)11-7-9-17-13-6-4-5-12(15)14(11)13/h4-6,10-11,15-16H,3,7-9H2,1-2H3. The van der Waals surface area contributed by atoms with Gasteiger partial charge in [-0.1, -0.05) is 26.0 Å². The second-order valence-electron chi connectivity index (χ2n) is 5.29. The van der Waals surface area contributed by atoms with Crippen molar-refractivity contribution in [1.29, 1.82) is 0 Å². The van der Waals surface area contributed by atoms with E-state index < -0.39 is 0 Å². The third-order valence-corrected chi connectivity index (χ3v) is 4.27. The van der Waals surface area contributed by atoms with Crippen molar-refractivity contribution in [2.45, 2.75) is 38.6 Å². The highest BCUT2D eigenvalue weighted by atomic mass is 16.5. The first kappa shape index (κ1) is 11.1. The Labute approximate surface area is 103 Å². The Balaban J connectivity index is 1.99. The largest absolute Gasteiger partial charge is 0.493 e. The molecule has 1 aromatic rings. The number of hydrogen-bond donors (Lipinski definition) is 1. The maximum atomic E-state index is 5.79. The van der Waals surface area contributed by atoms with E-state index in [1.807, 2.05) is 0 Å². The molecule has 0 spiro atoms. The van der Waals surface area contributed by atoms with Crippen LogP contribution in [0.1, 0.15) is 49.8 Å². The van der Waals surface area contributed by atoms with Crippen molar-refractivity contribution < 1.29 is 4.74 Å². The van der Waals surface area contributed by atoms with E-state index in [0.29, 0.717) is 17.9 Å². The summed E-state index contributed by atoms with van der Waals surface area (Å²) in [5.41, 5.74) is 2.97. The lowest BCUT2D eigenvalue weighted by Crippen LogP contribution is -2.26. The molecule has 3 rings (SSSR count). The predicted octanol–water partition coefficient (Wildman–Crippen LogP) is 3.24. The van der Waals surface area contributed by atoms with E-state index in [-0.39, 0.29) is 0 Å². The molecule has 1 aliphatic heterocycles. The Bertz CT molecular complexity index is 415. The molecule has 0 saturated heterocycles. The van der Waals surface area contributed by atoms with Crippen LogP contribution in [0.2, 0.25) is 0 Å². The van der Waals surface area contributed by atoms with Crippen LogP contribution >= 0.6 is 0 Å². The SMILES string of the molecule is CCCNC1c2cccc3c2C(CCO3)C1C. The van der Waals surface area contributed by atoms with E-state index in [2.05, 4.69) is 37.4 Å². The molecule has 2 aliphatic rings. The van der Waals surface area contributed by atoms with E-state index in [1.165, 1.54) is 24.0 Å². The number of ether oxygens (including phenoxy) is 1. The molecule has 92 valence electrons. The quantitative estimate of drug-likeness (QED) is 0.862. The average Bonchev–Trinajstić information content (AvgIpc) is 2.64. The molecule has 0 amide bonds. The molecule has 0 aromatic heterocycles. The van der Waals surface area contributed by atoms with E-state index in [4.69, 9.17) is 4.74 Å². The minimum atomic E-state index is 0.525. The second-order valence-corrected chi connectivity index (χ2v) is 5.29. The number of rotatable bonds is 3. The van der Waals surface area contributed by atoms with Crippen LogP contribution in [0, 0.1) is 5.92 Å². The monoisotopic (exact) mass is 231 g/mol. The van der Waals surface area contributed by atoms with Gasteiger partial charge in [0.1, 0.15) is 5.75 Å². The summed E-state index contributed by atoms with van der Waals surface area (Å²) in [5, 5.41) is 3.70. The lowest BCUT2D eigenvalue weighted by Gasteiger charge is -2.25. The van der Waals surface area contributed by atoms with Crippen molar-refractivity contribution in [1.82, 2.24) is 5.32 Å². The summed E-state index contributed by atoms with van der Waals surface area (Å²) in [6.45, 7) is 6.59. The van der Waals surface area contributed by atoms with E-state index in [1.54, 1.807) is 0 Å². The van der Waals surface area contributed by atoms with E-state index in [0.717, 1.165) is 18.9 Å². The predicted molar refractivity (Wildman–Crippen MR) is 69.5 cm³/mol. The summed E-state index contributed by atoms with van der Waals surface area (Å²) in [6.07, 6.45) is 2.37. The van der Waals surface area contributed by atoms with Gasteiger partial charge in [0, 0.05) is 11.6 Å². The zero-order valence-electron chi connectivity index (χ0n) is 10.7. The van der Waals surface area contributed by atoms with Crippen LogP contribution in [0.3, 0.4) is 0 Å². The normalized spacial score (nSPS) is 29.9. The average molecular weight is 231 g/mol. The molecule has 2 nitrogen and oxygen atoms in total. The van der Waals surface area contributed by atoms with Crippen LogP contribution in [0.15, 0.2) is 18.2 Å². The van der Waals surface area contributed by atoms with Crippen molar-refractivity contribution in [2.75, 3.05) is 13.2 Å². The van der Waals surface area contributed by atoms with Crippen LogP contribution in [-0.2, 0) is 0 Å². The Morgan fingerprint density at radius 2 is 2.29 bits per heavy atom. The molecule has 3 unspecified atom stereocenters. The Morgan fingerprint density at radius 3 is 3.12 bits per heavy atom. The van der Waals surface area contributed by atoms with Gasteiger partial charge < -0.3 is 10.1 Å². The third kappa shape index (κ3) is 1.66. The summed E-state index contributed by atoms with van der Waals surface area (Å²) in [7, 11) is 0. The lowest BCUT2D eigenvalue weighted by molar-refractivity contribution is 0.242. The highest BCUT2D eigenvalue weighted by molar-refractivity contribution is 5.49. The second kappa shape index (κ2) is 4.34. The first-order valence-corrected chi connectivity index (χ1v) is 6.82. The van der Waals surface area contributed by atoms with E-state index >= 15 is 0 Å². The molecule has 0 radical (unpaired) electrons. The molecule has 1 aromatic carbocycles. The van der Waals surface area contributed by atoms with Crippen LogP contribution in [-0.4, -0.2) is 13.2 Å². The van der Waals surface area contributed by atoms with Crippen molar-refractivity contribution in [3.8, 4) is 5.75 Å². The number of nitrogens with one attached hydrogen (secondary N) is 1. The molecule has 0 bridgehead atoms. The van der Waals surface area contributed by atoms with Gasteiger partial charge in [-0.25, -0.2) is 0 Å². The first-order valence-electron chi connectivity index (χ1n) is 6.82. The van der Waals surface area contributed by atoms with Crippen LogP contribution in [0.25, 0.3) is 0 Å². The van der Waals surface area contributed by atoms with Gasteiger partial charge in [0.05, 0.1) is 6.61 Å². The minimum Gasteiger partial charge on any atom is -0.493 e. The molecule has 2 heteroatoms. The lowest BCUT2D eigenvalue weighted by atomic mass is 9.88. The molecular formula is C15H21NO. The van der Waals surface area contributed by atoms with Crippen molar-refractivity contribution in [2.24, 2.45) is 5.92 Å². The Morgan fingerprint density at radius 1 is 1.41 bits per heavy atom. The van der Waals surface area contributed by atoms with Gasteiger partial charge in [0.25, 0.3) is 0 Å². The topological polar surface area (TPSA) is 21.3 Å². The van der Waals surface area contributed by atoms with Gasteiger partial charge in [-0.2, -0.15) is 0 Å². The Hall–Kier alpha value is -1.02. The molecule has 1 heterocycles. The van der Waals surface area contributed by atoms with Crippen LogP contribution in [0.4, 0.5) is 0 Å². The van der Waals surface area contributed by atoms with E-state index in [9.17, 15) is 0 Å². The summed E-state index contributed by atoms with van der Waals surface area (Å²) in [5.74, 6) is 2.53. The fourth-order valence-corrected chi connectivity index (χ4v) is 3.43. The van der Waals surface area contributed by atoms with Crippen LogP contribution in [0.5, 0.6) is 5.75 Å². The van der Waals surface area contributed by atoms with Gasteiger partial charge in [-0.05, 0) is 42.9 Å². The summed E-state index contributed by atoms with van der Waals surface area (Å²) in [4.78, 5) is 0. The highest BCUT2D eigenvalue weighted by Gasteiger charge is 2.40. The van der Waals surface area contributed by atoms with Gasteiger partial charge in [0.15, 0.2) is 0 Å². The van der Waals surface area contributed by atoms with Crippen molar-refractivity contribution in [3.05, 3.63) is 29.3 Å². The summed E-state index contributed by atoms with van der Waals surface area (Å²) in [6, 6.07) is 7.06. The number of hydrogen-bond acceptors (Lipinski definition) is 2. The smallest absolute Gasteiger partial charge is 0.123 e. The molecule has 1 aliphatic carbocycles. The fourth-order valence-electron chi connectivity index (χ4n) is 3.43. The molecule has 0 fully saturated rings. The van der Waals surface area contributed by atoms with Gasteiger partial charge in [-0.15, -0.1) is 0 Å². The molecule has 0 saturated carbocycles. The van der Waals surface area contributed by atoms with Gasteiger partial charge in [-0.3, -0.25) is 0 Å². The maximum absolute atomic E-state index is 5.79. The highest BCUT2D eigenvalue weighted by Crippen LogP contribution is 2.52. The zero-order valence-corrected chi connectivity index (χ0v) is 10.7. The molecule has 3 atom stereocenters. The minimum absolute atomic E-state index is 0.525. The third-order valence-electron chi connectivity index (χ3n) is 4.27. The fraction of sp³-hybridized carbons (Fsp3) is 0.600. The first-order chi connectivity index (χ1) is 8.33. The van der Waals surface area contributed by atoms with Crippen molar-refractivity contribution >= 4 is 0 Å². The van der Waals surface area contributed by atoms with Gasteiger partial charge >= 0.3 is 0 Å². The van der Waals surface area contributed by atoms with Gasteiger partial charge in [0.2, 0.25) is 0 Å². The van der Waals surface area contributed by atoms with Crippen molar-refractivity contribution in [3.63, 3.8) is 0 Å². The maximum Gasteiger partial charge on any atom is 0.123 e. The molecule has 1 N–H and O–H groups in total. The Kier molecular flexibility index (Phi) is 2.83. The molecule has 17 heavy (non-hydrogen) atoms. The summed E-state index contributed by atoms with van der Waals surface area (Å²) >= 11 is 0. The zero-order chi connectivity index (χ0) is 11.8. The molecular weight excluding hydrogens is 210 g/mol.